The molecule has 0 heterocycles. The van der Waals surface area contributed by atoms with E-state index in [9.17, 15) is 0 Å². The monoisotopic (exact) mass is 305 g/mol. The van der Waals surface area contributed by atoms with Crippen molar-refractivity contribution in [1.82, 2.24) is 5.32 Å². The van der Waals surface area contributed by atoms with Crippen LogP contribution in [0.15, 0.2) is 47.4 Å². The van der Waals surface area contributed by atoms with E-state index in [1.54, 1.807) is 11.8 Å². The molecular formula is C17H20ClNS. The zero-order valence-electron chi connectivity index (χ0n) is 12.1. The average Bonchev–Trinajstić information content (AvgIpc) is 2.48. The van der Waals surface area contributed by atoms with Gasteiger partial charge in [0, 0.05) is 9.92 Å². The van der Waals surface area contributed by atoms with Gasteiger partial charge in [0.15, 0.2) is 0 Å². The molecule has 0 aromatic heterocycles. The summed E-state index contributed by atoms with van der Waals surface area (Å²) in [6.07, 6.45) is 2.12. The first kappa shape index (κ1) is 15.4. The maximum Gasteiger partial charge on any atom is 0.0588 e. The third-order valence-electron chi connectivity index (χ3n) is 3.39. The molecule has 1 N–H and O–H groups in total. The van der Waals surface area contributed by atoms with Gasteiger partial charge in [-0.25, -0.2) is 0 Å². The van der Waals surface area contributed by atoms with Crippen LogP contribution in [0.3, 0.4) is 0 Å². The van der Waals surface area contributed by atoms with Gasteiger partial charge in [0.2, 0.25) is 0 Å². The van der Waals surface area contributed by atoms with E-state index in [2.05, 4.69) is 61.0 Å². The number of hydrogen-bond donors (Lipinski definition) is 1. The SMILES string of the molecule is CCNC(c1ccc(C)c(Cl)c1)c1ccccc1SC. The lowest BCUT2D eigenvalue weighted by molar-refractivity contribution is 0.622. The second-order valence-corrected chi connectivity index (χ2v) is 6.00. The van der Waals surface area contributed by atoms with E-state index in [1.165, 1.54) is 16.0 Å². The van der Waals surface area contributed by atoms with Crippen LogP contribution in [0, 0.1) is 6.92 Å². The van der Waals surface area contributed by atoms with Gasteiger partial charge in [-0.3, -0.25) is 0 Å². The third kappa shape index (κ3) is 3.38. The predicted molar refractivity (Wildman–Crippen MR) is 89.9 cm³/mol. The minimum absolute atomic E-state index is 0.182. The van der Waals surface area contributed by atoms with Gasteiger partial charge in [0.05, 0.1) is 6.04 Å². The lowest BCUT2D eigenvalue weighted by Crippen LogP contribution is -2.22. The Morgan fingerprint density at radius 1 is 1.20 bits per heavy atom. The van der Waals surface area contributed by atoms with Crippen molar-refractivity contribution in [3.05, 3.63) is 64.2 Å². The van der Waals surface area contributed by atoms with Crippen LogP contribution >= 0.6 is 23.4 Å². The Hall–Kier alpha value is -0.960. The lowest BCUT2D eigenvalue weighted by Gasteiger charge is -2.22. The maximum atomic E-state index is 6.29. The van der Waals surface area contributed by atoms with Crippen LogP contribution in [-0.2, 0) is 0 Å². The van der Waals surface area contributed by atoms with Crippen LogP contribution in [0.4, 0.5) is 0 Å². The minimum atomic E-state index is 0.182. The molecule has 0 fully saturated rings. The van der Waals surface area contributed by atoms with Crippen molar-refractivity contribution >= 4 is 23.4 Å². The van der Waals surface area contributed by atoms with Crippen LogP contribution < -0.4 is 5.32 Å². The van der Waals surface area contributed by atoms with Crippen LogP contribution in [0.2, 0.25) is 5.02 Å². The van der Waals surface area contributed by atoms with Gasteiger partial charge in [-0.1, -0.05) is 48.9 Å². The van der Waals surface area contributed by atoms with Crippen LogP contribution in [0.25, 0.3) is 0 Å². The average molecular weight is 306 g/mol. The highest BCUT2D eigenvalue weighted by Crippen LogP contribution is 2.31. The number of aryl methyl sites for hydroxylation is 1. The van der Waals surface area contributed by atoms with Crippen molar-refractivity contribution in [2.45, 2.75) is 24.8 Å². The minimum Gasteiger partial charge on any atom is -0.306 e. The van der Waals surface area contributed by atoms with Crippen LogP contribution in [0.5, 0.6) is 0 Å². The first-order valence-electron chi connectivity index (χ1n) is 6.79. The molecule has 20 heavy (non-hydrogen) atoms. The Balaban J connectivity index is 2.47. The number of rotatable bonds is 5. The van der Waals surface area contributed by atoms with Crippen molar-refractivity contribution in [1.29, 1.82) is 0 Å². The quantitative estimate of drug-likeness (QED) is 0.774. The summed E-state index contributed by atoms with van der Waals surface area (Å²) in [7, 11) is 0. The molecule has 0 amide bonds. The number of hydrogen-bond acceptors (Lipinski definition) is 2. The molecule has 0 radical (unpaired) electrons. The molecule has 0 saturated heterocycles. The van der Waals surface area contributed by atoms with Crippen molar-refractivity contribution in [2.75, 3.05) is 12.8 Å². The van der Waals surface area contributed by atoms with Gasteiger partial charge in [-0.15, -0.1) is 11.8 Å². The van der Waals surface area contributed by atoms with Crippen LogP contribution in [-0.4, -0.2) is 12.8 Å². The fraction of sp³-hybridized carbons (Fsp3) is 0.294. The molecule has 0 bridgehead atoms. The summed E-state index contributed by atoms with van der Waals surface area (Å²) >= 11 is 8.06. The van der Waals surface area contributed by atoms with E-state index in [-0.39, 0.29) is 6.04 Å². The Labute approximate surface area is 130 Å². The lowest BCUT2D eigenvalue weighted by atomic mass is 9.97. The Morgan fingerprint density at radius 2 is 1.95 bits per heavy atom. The largest absolute Gasteiger partial charge is 0.306 e. The first-order chi connectivity index (χ1) is 9.67. The van der Waals surface area contributed by atoms with Gasteiger partial charge in [0.25, 0.3) is 0 Å². The summed E-state index contributed by atoms with van der Waals surface area (Å²) in [4.78, 5) is 1.30. The second kappa shape index (κ2) is 7.16. The Kier molecular flexibility index (Phi) is 5.53. The highest BCUT2D eigenvalue weighted by atomic mass is 35.5. The number of nitrogens with one attached hydrogen (secondary N) is 1. The van der Waals surface area contributed by atoms with Gasteiger partial charge < -0.3 is 5.32 Å². The van der Waals surface area contributed by atoms with Crippen molar-refractivity contribution in [2.24, 2.45) is 0 Å². The summed E-state index contributed by atoms with van der Waals surface area (Å²) in [5, 5.41) is 4.39. The summed E-state index contributed by atoms with van der Waals surface area (Å²) in [5.74, 6) is 0. The molecule has 0 aliphatic carbocycles. The fourth-order valence-corrected chi connectivity index (χ4v) is 3.13. The molecule has 1 nitrogen and oxygen atoms in total. The summed E-state index contributed by atoms with van der Waals surface area (Å²) < 4.78 is 0. The molecular weight excluding hydrogens is 286 g/mol. The summed E-state index contributed by atoms with van der Waals surface area (Å²) in [6, 6.07) is 15.0. The molecule has 1 unspecified atom stereocenters. The normalized spacial score (nSPS) is 12.4. The fourth-order valence-electron chi connectivity index (χ4n) is 2.31. The molecule has 2 aromatic carbocycles. The zero-order chi connectivity index (χ0) is 14.5. The van der Waals surface area contributed by atoms with Gasteiger partial charge >= 0.3 is 0 Å². The van der Waals surface area contributed by atoms with E-state index in [0.717, 1.165) is 17.1 Å². The molecule has 0 aliphatic rings. The van der Waals surface area contributed by atoms with Gasteiger partial charge in [0.1, 0.15) is 0 Å². The molecule has 0 saturated carbocycles. The smallest absolute Gasteiger partial charge is 0.0588 e. The maximum absolute atomic E-state index is 6.29. The standard InChI is InChI=1S/C17H20ClNS/c1-4-19-17(13-10-9-12(2)15(18)11-13)14-7-5-6-8-16(14)20-3/h5-11,17,19H,4H2,1-3H3. The summed E-state index contributed by atoms with van der Waals surface area (Å²) in [5.41, 5.74) is 3.63. The van der Waals surface area contributed by atoms with E-state index >= 15 is 0 Å². The third-order valence-corrected chi connectivity index (χ3v) is 4.61. The van der Waals surface area contributed by atoms with Crippen molar-refractivity contribution in [3.8, 4) is 0 Å². The molecule has 2 aromatic rings. The molecule has 0 aliphatic heterocycles. The van der Waals surface area contributed by atoms with E-state index in [1.807, 2.05) is 6.92 Å². The first-order valence-corrected chi connectivity index (χ1v) is 8.40. The molecule has 0 spiro atoms. The van der Waals surface area contributed by atoms with Crippen molar-refractivity contribution < 1.29 is 0 Å². The number of thioether (sulfide) groups is 1. The van der Waals surface area contributed by atoms with E-state index in [4.69, 9.17) is 11.6 Å². The topological polar surface area (TPSA) is 12.0 Å². The second-order valence-electron chi connectivity index (χ2n) is 4.74. The Morgan fingerprint density at radius 3 is 2.60 bits per heavy atom. The van der Waals surface area contributed by atoms with Crippen molar-refractivity contribution in [3.63, 3.8) is 0 Å². The van der Waals surface area contributed by atoms with E-state index < -0.39 is 0 Å². The van der Waals surface area contributed by atoms with Gasteiger partial charge in [-0.05, 0) is 48.5 Å². The Bertz CT molecular complexity index is 583. The predicted octanol–water partition coefficient (Wildman–Crippen LogP) is 5.07. The van der Waals surface area contributed by atoms with E-state index in [0.29, 0.717) is 0 Å². The van der Waals surface area contributed by atoms with Gasteiger partial charge in [-0.2, -0.15) is 0 Å². The highest BCUT2D eigenvalue weighted by Gasteiger charge is 2.16. The molecule has 3 heteroatoms. The van der Waals surface area contributed by atoms with Crippen LogP contribution in [0.1, 0.15) is 29.7 Å². The highest BCUT2D eigenvalue weighted by molar-refractivity contribution is 7.98. The molecule has 106 valence electrons. The number of benzene rings is 2. The zero-order valence-corrected chi connectivity index (χ0v) is 13.7. The number of halogens is 1. The molecule has 2 rings (SSSR count). The molecule has 1 atom stereocenters. The summed E-state index contributed by atoms with van der Waals surface area (Å²) in [6.45, 7) is 5.08.